The Morgan fingerprint density at radius 2 is 1.96 bits per heavy atom. The molecule has 2 aromatic rings. The summed E-state index contributed by atoms with van der Waals surface area (Å²) < 4.78 is 19.4. The number of rotatable bonds is 2. The van der Waals surface area contributed by atoms with Crippen LogP contribution in [0.2, 0.25) is 0 Å². The first-order valence-electron chi connectivity index (χ1n) is 8.12. The Bertz CT molecular complexity index is 867. The first-order valence-corrected chi connectivity index (χ1v) is 8.12. The van der Waals surface area contributed by atoms with Crippen molar-refractivity contribution in [1.29, 1.82) is 0 Å². The highest BCUT2D eigenvalue weighted by Crippen LogP contribution is 2.33. The van der Waals surface area contributed by atoms with Crippen LogP contribution in [0.15, 0.2) is 42.5 Å². The molecule has 4 rings (SSSR count). The van der Waals surface area contributed by atoms with Crippen LogP contribution in [-0.2, 0) is 9.53 Å². The van der Waals surface area contributed by atoms with Gasteiger partial charge in [0, 0.05) is 25.6 Å². The van der Waals surface area contributed by atoms with Crippen molar-refractivity contribution in [2.45, 2.75) is 18.6 Å². The van der Waals surface area contributed by atoms with Gasteiger partial charge in [-0.3, -0.25) is 9.59 Å². The molecule has 1 N–H and O–H groups in total. The maximum Gasteiger partial charge on any atom is 0.256 e. The van der Waals surface area contributed by atoms with Crippen molar-refractivity contribution in [2.24, 2.45) is 0 Å². The molecule has 1 saturated heterocycles. The van der Waals surface area contributed by atoms with Gasteiger partial charge in [-0.05, 0) is 23.8 Å². The smallest absolute Gasteiger partial charge is 0.256 e. The Hall–Kier alpha value is -2.73. The van der Waals surface area contributed by atoms with Gasteiger partial charge in [-0.15, -0.1) is 0 Å². The minimum Gasteiger partial charge on any atom is -0.380 e. The van der Waals surface area contributed by atoms with Gasteiger partial charge in [0.05, 0.1) is 17.4 Å². The molecule has 128 valence electrons. The summed E-state index contributed by atoms with van der Waals surface area (Å²) in [5.74, 6) is -0.813. The molecule has 2 amide bonds. The topological polar surface area (TPSA) is 58.6 Å². The second kappa shape index (κ2) is 5.97. The Labute approximate surface area is 144 Å². The number of amides is 2. The van der Waals surface area contributed by atoms with E-state index in [1.165, 1.54) is 6.07 Å². The van der Waals surface area contributed by atoms with E-state index in [4.69, 9.17) is 4.74 Å². The van der Waals surface area contributed by atoms with Gasteiger partial charge in [0.25, 0.3) is 5.91 Å². The molecule has 2 atom stereocenters. The molecule has 0 bridgehead atoms. The van der Waals surface area contributed by atoms with Gasteiger partial charge in [-0.2, -0.15) is 0 Å². The maximum atomic E-state index is 14.1. The predicted molar refractivity (Wildman–Crippen MR) is 90.7 cm³/mol. The van der Waals surface area contributed by atoms with Crippen molar-refractivity contribution >= 4 is 17.5 Å². The molecule has 0 unspecified atom stereocenters. The number of methoxy groups -OCH3 is 1. The van der Waals surface area contributed by atoms with Crippen LogP contribution in [0.5, 0.6) is 0 Å². The third-order valence-corrected chi connectivity index (χ3v) is 4.85. The van der Waals surface area contributed by atoms with E-state index in [1.807, 2.05) is 0 Å². The summed E-state index contributed by atoms with van der Waals surface area (Å²) in [6, 6.07) is 10.9. The molecule has 0 aliphatic carbocycles. The third-order valence-electron chi connectivity index (χ3n) is 4.85. The highest BCUT2D eigenvalue weighted by Gasteiger charge is 2.42. The largest absolute Gasteiger partial charge is 0.380 e. The SMILES string of the molecule is CO[C@H]1C[C@@H]2C(=O)Nc3ccc(-c4ccccc4F)cc3C(=O)N2C1. The minimum atomic E-state index is -0.540. The van der Waals surface area contributed by atoms with Crippen molar-refractivity contribution in [1.82, 2.24) is 4.90 Å². The van der Waals surface area contributed by atoms with Crippen LogP contribution in [0.25, 0.3) is 11.1 Å². The van der Waals surface area contributed by atoms with E-state index >= 15 is 0 Å². The first-order chi connectivity index (χ1) is 12.1. The van der Waals surface area contributed by atoms with Crippen molar-refractivity contribution in [2.75, 3.05) is 19.0 Å². The molecule has 5 nitrogen and oxygen atoms in total. The van der Waals surface area contributed by atoms with Crippen molar-refractivity contribution in [3.05, 3.63) is 53.8 Å². The summed E-state index contributed by atoms with van der Waals surface area (Å²) in [6.45, 7) is 0.372. The molecule has 6 heteroatoms. The predicted octanol–water partition coefficient (Wildman–Crippen LogP) is 2.67. The Morgan fingerprint density at radius 1 is 1.16 bits per heavy atom. The number of ether oxygens (including phenoxy) is 1. The quantitative estimate of drug-likeness (QED) is 0.914. The Kier molecular flexibility index (Phi) is 3.77. The third kappa shape index (κ3) is 2.59. The summed E-state index contributed by atoms with van der Waals surface area (Å²) in [5, 5.41) is 2.81. The average molecular weight is 340 g/mol. The van der Waals surface area contributed by atoms with E-state index in [2.05, 4.69) is 5.32 Å². The van der Waals surface area contributed by atoms with Gasteiger partial charge in [0.2, 0.25) is 5.91 Å². The average Bonchev–Trinajstić information content (AvgIpc) is 3.03. The molecule has 1 fully saturated rings. The van der Waals surface area contributed by atoms with Crippen LogP contribution in [0.4, 0.5) is 10.1 Å². The van der Waals surface area contributed by atoms with Gasteiger partial charge in [0.1, 0.15) is 11.9 Å². The molecule has 2 aliphatic heterocycles. The van der Waals surface area contributed by atoms with E-state index in [0.717, 1.165) is 0 Å². The highest BCUT2D eigenvalue weighted by molar-refractivity contribution is 6.10. The highest BCUT2D eigenvalue weighted by atomic mass is 19.1. The number of benzene rings is 2. The minimum absolute atomic E-state index is 0.156. The van der Waals surface area contributed by atoms with Gasteiger partial charge in [0.15, 0.2) is 0 Å². The summed E-state index contributed by atoms with van der Waals surface area (Å²) in [4.78, 5) is 27.0. The number of hydrogen-bond donors (Lipinski definition) is 1. The molecule has 0 radical (unpaired) electrons. The van der Waals surface area contributed by atoms with Crippen LogP contribution < -0.4 is 5.32 Å². The first kappa shape index (κ1) is 15.8. The summed E-state index contributed by atoms with van der Waals surface area (Å²) >= 11 is 0. The molecule has 25 heavy (non-hydrogen) atoms. The fraction of sp³-hybridized carbons (Fsp3) is 0.263. The number of hydrogen-bond acceptors (Lipinski definition) is 3. The van der Waals surface area contributed by atoms with Gasteiger partial charge in [-0.1, -0.05) is 24.3 Å². The molecule has 0 saturated carbocycles. The van der Waals surface area contributed by atoms with Crippen LogP contribution in [0.3, 0.4) is 0 Å². The lowest BCUT2D eigenvalue weighted by atomic mass is 10.0. The Morgan fingerprint density at radius 3 is 2.72 bits per heavy atom. The lowest BCUT2D eigenvalue weighted by molar-refractivity contribution is -0.119. The molecule has 2 aliphatic rings. The standard InChI is InChI=1S/C19H17FN2O3/c1-25-12-9-17-18(23)21-16-7-6-11(13-4-2-3-5-15(13)20)8-14(16)19(24)22(17)10-12/h2-8,12,17H,9-10H2,1H3,(H,21,23)/t12-,17+/m0/s1. The van der Waals surface area contributed by atoms with Crippen molar-refractivity contribution in [3.63, 3.8) is 0 Å². The zero-order chi connectivity index (χ0) is 17.6. The number of halogens is 1. The maximum absolute atomic E-state index is 14.1. The van der Waals surface area contributed by atoms with Gasteiger partial charge in [-0.25, -0.2) is 4.39 Å². The van der Waals surface area contributed by atoms with E-state index in [-0.39, 0.29) is 23.7 Å². The fourth-order valence-electron chi connectivity index (χ4n) is 3.51. The normalized spacial score (nSPS) is 22.2. The van der Waals surface area contributed by atoms with Crippen molar-refractivity contribution in [3.8, 4) is 11.1 Å². The molecule has 0 aromatic heterocycles. The molecular formula is C19H17FN2O3. The second-order valence-corrected chi connectivity index (χ2v) is 6.30. The number of carbonyl (C=O) groups is 2. The molecule has 2 aromatic carbocycles. The molecule has 2 heterocycles. The zero-order valence-electron chi connectivity index (χ0n) is 13.7. The van der Waals surface area contributed by atoms with E-state index in [1.54, 1.807) is 48.4 Å². The van der Waals surface area contributed by atoms with Crippen LogP contribution in [0.1, 0.15) is 16.8 Å². The van der Waals surface area contributed by atoms with Crippen molar-refractivity contribution < 1.29 is 18.7 Å². The lowest BCUT2D eigenvalue weighted by Gasteiger charge is -2.20. The summed E-state index contributed by atoms with van der Waals surface area (Å²) in [6.07, 6.45) is 0.318. The van der Waals surface area contributed by atoms with E-state index in [0.29, 0.717) is 35.3 Å². The van der Waals surface area contributed by atoms with Crippen LogP contribution in [0, 0.1) is 5.82 Å². The summed E-state index contributed by atoms with van der Waals surface area (Å²) in [7, 11) is 1.57. The number of carbonyl (C=O) groups excluding carboxylic acids is 2. The lowest BCUT2D eigenvalue weighted by Crippen LogP contribution is -2.40. The van der Waals surface area contributed by atoms with E-state index < -0.39 is 6.04 Å². The number of anilines is 1. The Balaban J connectivity index is 1.78. The van der Waals surface area contributed by atoms with Crippen LogP contribution in [-0.4, -0.2) is 42.5 Å². The molecule has 0 spiro atoms. The van der Waals surface area contributed by atoms with Crippen LogP contribution >= 0.6 is 0 Å². The van der Waals surface area contributed by atoms with E-state index in [9.17, 15) is 14.0 Å². The number of nitrogens with one attached hydrogen (secondary N) is 1. The monoisotopic (exact) mass is 340 g/mol. The summed E-state index contributed by atoms with van der Waals surface area (Å²) in [5.41, 5.74) is 1.84. The fourth-order valence-corrected chi connectivity index (χ4v) is 3.51. The van der Waals surface area contributed by atoms with Gasteiger partial charge >= 0.3 is 0 Å². The molecular weight excluding hydrogens is 323 g/mol. The second-order valence-electron chi connectivity index (χ2n) is 6.30. The zero-order valence-corrected chi connectivity index (χ0v) is 13.7. The number of nitrogens with zero attached hydrogens (tertiary/aromatic N) is 1. The van der Waals surface area contributed by atoms with Gasteiger partial charge < -0.3 is 15.0 Å². The number of fused-ring (bicyclic) bond motifs is 2.